The molecule has 0 N–H and O–H groups in total. The second-order valence-electron chi connectivity index (χ2n) is 2.73. The Hall–Kier alpha value is -1.42. The summed E-state index contributed by atoms with van der Waals surface area (Å²) in [4.78, 5) is 9.94. The van der Waals surface area contributed by atoms with E-state index in [-0.39, 0.29) is 12.3 Å². The van der Waals surface area contributed by atoms with Gasteiger partial charge < -0.3 is 0 Å². The van der Waals surface area contributed by atoms with Crippen LogP contribution in [0.5, 0.6) is 0 Å². The van der Waals surface area contributed by atoms with Gasteiger partial charge in [-0.05, 0) is 18.4 Å². The van der Waals surface area contributed by atoms with Crippen LogP contribution in [-0.4, -0.2) is 11.5 Å². The van der Waals surface area contributed by atoms with Gasteiger partial charge in [-0.25, -0.2) is 5.11 Å². The van der Waals surface area contributed by atoms with Gasteiger partial charge >= 0.3 is 0 Å². The van der Waals surface area contributed by atoms with Gasteiger partial charge in [0, 0.05) is 12.1 Å². The first-order valence-electron chi connectivity index (χ1n) is 4.05. The number of rotatable bonds is 4. The summed E-state index contributed by atoms with van der Waals surface area (Å²) in [6.45, 7) is -0.136. The average Bonchev–Trinajstić information content (AvgIpc) is 2.15. The lowest BCUT2D eigenvalue weighted by atomic mass is 10.1. The Morgan fingerprint density at radius 2 is 2.15 bits per heavy atom. The van der Waals surface area contributed by atoms with Crippen LogP contribution in [0.1, 0.15) is 12.0 Å². The quantitative estimate of drug-likeness (QED) is 0.525. The van der Waals surface area contributed by atoms with Crippen molar-refractivity contribution in [1.82, 2.24) is 0 Å². The first kappa shape index (κ1) is 9.67. The summed E-state index contributed by atoms with van der Waals surface area (Å²) in [5.74, 6) is 0. The van der Waals surface area contributed by atoms with Crippen LogP contribution in [-0.2, 0) is 11.5 Å². The minimum Gasteiger partial charge on any atom is -0.258 e. The fraction of sp³-hybridized carbons (Fsp3) is 0.333. The molecule has 0 heterocycles. The topological polar surface area (TPSA) is 63.0 Å². The summed E-state index contributed by atoms with van der Waals surface area (Å²) in [7, 11) is 0. The van der Waals surface area contributed by atoms with E-state index in [0.29, 0.717) is 12.8 Å². The van der Waals surface area contributed by atoms with Crippen LogP contribution >= 0.6 is 0 Å². The molecule has 0 aliphatic heterocycles. The number of nitro benzene ring substituents is 1. The van der Waals surface area contributed by atoms with Crippen LogP contribution in [0.2, 0.25) is 0 Å². The minimum atomic E-state index is -0.430. The summed E-state index contributed by atoms with van der Waals surface area (Å²) in [6.07, 6.45) is 1.15. The fourth-order valence-electron chi connectivity index (χ4n) is 1.10. The van der Waals surface area contributed by atoms with E-state index >= 15 is 0 Å². The molecule has 4 heteroatoms. The Labute approximate surface area is 76.0 Å². The summed E-state index contributed by atoms with van der Waals surface area (Å²) < 4.78 is 0. The second-order valence-corrected chi connectivity index (χ2v) is 2.73. The van der Waals surface area contributed by atoms with Crippen molar-refractivity contribution in [3.63, 3.8) is 0 Å². The Balaban J connectivity index is 2.73. The van der Waals surface area contributed by atoms with Gasteiger partial charge in [0.05, 0.1) is 11.5 Å². The predicted molar refractivity (Wildman–Crippen MR) is 47.0 cm³/mol. The van der Waals surface area contributed by atoms with Gasteiger partial charge in [0.2, 0.25) is 0 Å². The minimum absolute atomic E-state index is 0.0865. The van der Waals surface area contributed by atoms with E-state index in [1.165, 1.54) is 12.1 Å². The van der Waals surface area contributed by atoms with Gasteiger partial charge in [0.1, 0.15) is 0 Å². The van der Waals surface area contributed by atoms with Gasteiger partial charge in [0.15, 0.2) is 0 Å². The molecule has 0 atom stereocenters. The summed E-state index contributed by atoms with van der Waals surface area (Å²) in [5.41, 5.74) is 0.938. The van der Waals surface area contributed by atoms with E-state index in [9.17, 15) is 15.2 Å². The number of benzene rings is 1. The lowest BCUT2D eigenvalue weighted by molar-refractivity contribution is -0.384. The first-order valence-corrected chi connectivity index (χ1v) is 4.05. The van der Waals surface area contributed by atoms with Crippen molar-refractivity contribution < 1.29 is 10.0 Å². The van der Waals surface area contributed by atoms with Crippen molar-refractivity contribution in [3.8, 4) is 0 Å². The molecule has 0 aromatic heterocycles. The lowest BCUT2D eigenvalue weighted by Crippen LogP contribution is -1.92. The van der Waals surface area contributed by atoms with E-state index in [2.05, 4.69) is 0 Å². The third kappa shape index (κ3) is 2.83. The van der Waals surface area contributed by atoms with Crippen molar-refractivity contribution >= 4 is 5.69 Å². The molecular weight excluding hydrogens is 170 g/mol. The Kier molecular flexibility index (Phi) is 3.40. The number of aryl methyl sites for hydroxylation is 1. The molecule has 4 nitrogen and oxygen atoms in total. The van der Waals surface area contributed by atoms with Crippen LogP contribution in [0.4, 0.5) is 5.69 Å². The number of nitro groups is 1. The van der Waals surface area contributed by atoms with Crippen LogP contribution < -0.4 is 0 Å². The van der Waals surface area contributed by atoms with Gasteiger partial charge in [0.25, 0.3) is 5.69 Å². The molecular formula is C9H10NO3. The monoisotopic (exact) mass is 180 g/mol. The SMILES string of the molecule is [O]CCCc1cccc([N+](=O)[O-])c1. The molecule has 0 fully saturated rings. The molecule has 0 saturated carbocycles. The Morgan fingerprint density at radius 1 is 1.38 bits per heavy atom. The maximum absolute atomic E-state index is 10.4. The van der Waals surface area contributed by atoms with Gasteiger partial charge in [-0.1, -0.05) is 12.1 Å². The molecule has 0 aliphatic carbocycles. The molecule has 0 saturated heterocycles. The highest BCUT2D eigenvalue weighted by atomic mass is 16.6. The van der Waals surface area contributed by atoms with Crippen LogP contribution in [0.25, 0.3) is 0 Å². The highest BCUT2D eigenvalue weighted by Crippen LogP contribution is 2.13. The molecule has 0 spiro atoms. The molecule has 0 aliphatic rings. The van der Waals surface area contributed by atoms with E-state index in [1.54, 1.807) is 12.1 Å². The third-order valence-corrected chi connectivity index (χ3v) is 1.73. The standard InChI is InChI=1S/C9H10NO3/c11-6-2-4-8-3-1-5-9(7-8)10(12)13/h1,3,5,7H,2,4,6H2. The smallest absolute Gasteiger partial charge is 0.258 e. The molecule has 0 unspecified atom stereocenters. The lowest BCUT2D eigenvalue weighted by Gasteiger charge is -1.97. The molecule has 1 aromatic carbocycles. The van der Waals surface area contributed by atoms with E-state index in [0.717, 1.165) is 5.56 Å². The summed E-state index contributed by atoms with van der Waals surface area (Å²) >= 11 is 0. The maximum Gasteiger partial charge on any atom is 0.269 e. The number of hydrogen-bond donors (Lipinski definition) is 0. The normalized spacial score (nSPS) is 9.92. The van der Waals surface area contributed by atoms with Crippen LogP contribution in [0.15, 0.2) is 24.3 Å². The Morgan fingerprint density at radius 3 is 2.77 bits per heavy atom. The number of nitrogens with zero attached hydrogens (tertiary/aromatic N) is 1. The highest BCUT2D eigenvalue weighted by Gasteiger charge is 2.04. The van der Waals surface area contributed by atoms with Crippen molar-refractivity contribution in [2.24, 2.45) is 0 Å². The zero-order valence-electron chi connectivity index (χ0n) is 7.10. The molecule has 1 radical (unpaired) electrons. The van der Waals surface area contributed by atoms with Gasteiger partial charge in [-0.2, -0.15) is 0 Å². The van der Waals surface area contributed by atoms with E-state index < -0.39 is 4.92 Å². The molecule has 0 bridgehead atoms. The van der Waals surface area contributed by atoms with Crippen molar-refractivity contribution in [1.29, 1.82) is 0 Å². The first-order chi connectivity index (χ1) is 6.24. The molecule has 0 amide bonds. The van der Waals surface area contributed by atoms with Crippen LogP contribution in [0, 0.1) is 10.1 Å². The highest BCUT2D eigenvalue weighted by molar-refractivity contribution is 5.34. The summed E-state index contributed by atoms with van der Waals surface area (Å²) in [5, 5.41) is 20.6. The molecule has 69 valence electrons. The molecule has 13 heavy (non-hydrogen) atoms. The fourth-order valence-corrected chi connectivity index (χ4v) is 1.10. The van der Waals surface area contributed by atoms with Gasteiger partial charge in [-0.15, -0.1) is 0 Å². The zero-order chi connectivity index (χ0) is 9.68. The average molecular weight is 180 g/mol. The van der Waals surface area contributed by atoms with Gasteiger partial charge in [-0.3, -0.25) is 10.1 Å². The maximum atomic E-state index is 10.4. The third-order valence-electron chi connectivity index (χ3n) is 1.73. The van der Waals surface area contributed by atoms with Crippen LogP contribution in [0.3, 0.4) is 0 Å². The largest absolute Gasteiger partial charge is 0.269 e. The molecule has 1 rings (SSSR count). The molecule has 1 aromatic rings. The van der Waals surface area contributed by atoms with E-state index in [4.69, 9.17) is 0 Å². The van der Waals surface area contributed by atoms with E-state index in [1.807, 2.05) is 0 Å². The van der Waals surface area contributed by atoms with Crippen molar-refractivity contribution in [3.05, 3.63) is 39.9 Å². The van der Waals surface area contributed by atoms with Crippen molar-refractivity contribution in [2.45, 2.75) is 12.8 Å². The summed E-state index contributed by atoms with van der Waals surface area (Å²) in [6, 6.07) is 6.39. The Bertz CT molecular complexity index is 299. The zero-order valence-corrected chi connectivity index (χ0v) is 7.10. The second kappa shape index (κ2) is 4.57. The predicted octanol–water partition coefficient (Wildman–Crippen LogP) is 1.96. The van der Waals surface area contributed by atoms with Crippen molar-refractivity contribution in [2.75, 3.05) is 6.61 Å². The number of non-ortho nitro benzene ring substituents is 1. The number of hydrogen-bond acceptors (Lipinski definition) is 2.